The summed E-state index contributed by atoms with van der Waals surface area (Å²) in [7, 11) is 0. The van der Waals surface area contributed by atoms with Crippen molar-refractivity contribution in [2.45, 2.75) is 39.9 Å². The standard InChI is InChI=1S/C10H23NO2/c1-7(2)9(5-11)10(12)6-13-8(3)4/h7-10,12H,5-6,11H2,1-4H3. The Hall–Kier alpha value is -0.120. The van der Waals surface area contributed by atoms with Gasteiger partial charge in [-0.05, 0) is 26.3 Å². The zero-order valence-electron chi connectivity index (χ0n) is 9.16. The highest BCUT2D eigenvalue weighted by Gasteiger charge is 2.21. The third-order valence-corrected chi connectivity index (χ3v) is 2.22. The van der Waals surface area contributed by atoms with Crippen LogP contribution in [0.5, 0.6) is 0 Å². The lowest BCUT2D eigenvalue weighted by Crippen LogP contribution is -2.35. The Morgan fingerprint density at radius 2 is 1.77 bits per heavy atom. The lowest BCUT2D eigenvalue weighted by Gasteiger charge is -2.25. The summed E-state index contributed by atoms with van der Waals surface area (Å²) < 4.78 is 5.33. The highest BCUT2D eigenvalue weighted by atomic mass is 16.5. The second kappa shape index (κ2) is 6.35. The molecule has 2 unspecified atom stereocenters. The molecule has 0 aliphatic heterocycles. The van der Waals surface area contributed by atoms with Crippen LogP contribution in [-0.4, -0.2) is 30.5 Å². The molecule has 0 aromatic carbocycles. The molecule has 3 nitrogen and oxygen atoms in total. The fourth-order valence-electron chi connectivity index (χ4n) is 1.29. The summed E-state index contributed by atoms with van der Waals surface area (Å²) in [6.45, 7) is 8.95. The van der Waals surface area contributed by atoms with Gasteiger partial charge in [-0.1, -0.05) is 13.8 Å². The van der Waals surface area contributed by atoms with E-state index in [4.69, 9.17) is 10.5 Å². The van der Waals surface area contributed by atoms with Crippen molar-refractivity contribution in [3.8, 4) is 0 Å². The first kappa shape index (κ1) is 12.9. The van der Waals surface area contributed by atoms with Gasteiger partial charge in [0, 0.05) is 5.92 Å². The Kier molecular flexibility index (Phi) is 6.29. The third-order valence-electron chi connectivity index (χ3n) is 2.22. The molecule has 2 atom stereocenters. The van der Waals surface area contributed by atoms with Crippen LogP contribution in [0, 0.1) is 11.8 Å². The van der Waals surface area contributed by atoms with Gasteiger partial charge in [-0.2, -0.15) is 0 Å². The molecule has 0 bridgehead atoms. The molecule has 0 saturated carbocycles. The first-order valence-electron chi connectivity index (χ1n) is 4.98. The number of aliphatic hydroxyl groups excluding tert-OH is 1. The quantitative estimate of drug-likeness (QED) is 0.655. The summed E-state index contributed by atoms with van der Waals surface area (Å²) in [5.41, 5.74) is 5.57. The SMILES string of the molecule is CC(C)OCC(O)C(CN)C(C)C. The summed E-state index contributed by atoms with van der Waals surface area (Å²) in [5.74, 6) is 0.537. The predicted octanol–water partition coefficient (Wildman–Crippen LogP) is 1.00. The normalized spacial score (nSPS) is 16.6. The van der Waals surface area contributed by atoms with Gasteiger partial charge in [-0.25, -0.2) is 0 Å². The average Bonchev–Trinajstić information content (AvgIpc) is 2.01. The van der Waals surface area contributed by atoms with Gasteiger partial charge < -0.3 is 15.6 Å². The minimum atomic E-state index is -0.438. The van der Waals surface area contributed by atoms with E-state index in [2.05, 4.69) is 13.8 Å². The first-order valence-corrected chi connectivity index (χ1v) is 4.98. The third kappa shape index (κ3) is 5.24. The lowest BCUT2D eigenvalue weighted by molar-refractivity contribution is -0.0268. The summed E-state index contributed by atoms with van der Waals surface area (Å²) in [5, 5.41) is 9.72. The van der Waals surface area contributed by atoms with E-state index in [1.165, 1.54) is 0 Å². The minimum Gasteiger partial charge on any atom is -0.390 e. The van der Waals surface area contributed by atoms with E-state index in [-0.39, 0.29) is 12.0 Å². The molecule has 13 heavy (non-hydrogen) atoms. The second-order valence-electron chi connectivity index (χ2n) is 4.09. The largest absolute Gasteiger partial charge is 0.390 e. The van der Waals surface area contributed by atoms with Crippen LogP contribution in [0.1, 0.15) is 27.7 Å². The molecule has 0 aliphatic rings. The van der Waals surface area contributed by atoms with Crippen molar-refractivity contribution in [2.75, 3.05) is 13.2 Å². The molecule has 0 radical (unpaired) electrons. The highest BCUT2D eigenvalue weighted by Crippen LogP contribution is 2.14. The number of hydrogen-bond acceptors (Lipinski definition) is 3. The van der Waals surface area contributed by atoms with Crippen molar-refractivity contribution in [2.24, 2.45) is 17.6 Å². The lowest BCUT2D eigenvalue weighted by atomic mass is 9.91. The average molecular weight is 189 g/mol. The van der Waals surface area contributed by atoms with Crippen LogP contribution in [-0.2, 0) is 4.74 Å². The zero-order valence-corrected chi connectivity index (χ0v) is 9.16. The molecule has 0 spiro atoms. The van der Waals surface area contributed by atoms with Gasteiger partial charge >= 0.3 is 0 Å². The van der Waals surface area contributed by atoms with Crippen molar-refractivity contribution in [3.05, 3.63) is 0 Å². The first-order chi connectivity index (χ1) is 5.99. The van der Waals surface area contributed by atoms with E-state index in [9.17, 15) is 5.11 Å². The van der Waals surface area contributed by atoms with E-state index in [0.29, 0.717) is 19.1 Å². The molecule has 0 rings (SSSR count). The Labute approximate surface area is 81.3 Å². The fraction of sp³-hybridized carbons (Fsp3) is 1.00. The molecular weight excluding hydrogens is 166 g/mol. The molecule has 3 N–H and O–H groups in total. The fourth-order valence-corrected chi connectivity index (χ4v) is 1.29. The maximum atomic E-state index is 9.72. The van der Waals surface area contributed by atoms with Crippen LogP contribution >= 0.6 is 0 Å². The summed E-state index contributed by atoms with van der Waals surface area (Å²) in [4.78, 5) is 0. The summed E-state index contributed by atoms with van der Waals surface area (Å²) in [6.07, 6.45) is -0.271. The van der Waals surface area contributed by atoms with E-state index in [1.54, 1.807) is 0 Å². The molecule has 0 fully saturated rings. The van der Waals surface area contributed by atoms with Crippen LogP contribution in [0.2, 0.25) is 0 Å². The molecule has 0 saturated heterocycles. The maximum absolute atomic E-state index is 9.72. The molecule has 0 aliphatic carbocycles. The number of aliphatic hydroxyl groups is 1. The van der Waals surface area contributed by atoms with Gasteiger partial charge in [0.25, 0.3) is 0 Å². The molecule has 80 valence electrons. The summed E-state index contributed by atoms with van der Waals surface area (Å²) in [6, 6.07) is 0. The molecule has 0 heterocycles. The molecule has 0 aromatic heterocycles. The Morgan fingerprint density at radius 1 is 1.23 bits per heavy atom. The molecule has 0 aromatic rings. The minimum absolute atomic E-state index is 0.138. The Morgan fingerprint density at radius 3 is 2.08 bits per heavy atom. The monoisotopic (exact) mass is 189 g/mol. The van der Waals surface area contributed by atoms with Crippen molar-refractivity contribution >= 4 is 0 Å². The van der Waals surface area contributed by atoms with Gasteiger partial charge in [0.2, 0.25) is 0 Å². The number of ether oxygens (including phenoxy) is 1. The van der Waals surface area contributed by atoms with Crippen molar-refractivity contribution < 1.29 is 9.84 Å². The van der Waals surface area contributed by atoms with Gasteiger partial charge in [-0.15, -0.1) is 0 Å². The van der Waals surface area contributed by atoms with Crippen molar-refractivity contribution in [1.29, 1.82) is 0 Å². The van der Waals surface area contributed by atoms with Crippen LogP contribution in [0.25, 0.3) is 0 Å². The van der Waals surface area contributed by atoms with Crippen LogP contribution in [0.3, 0.4) is 0 Å². The molecule has 3 heteroatoms. The van der Waals surface area contributed by atoms with Gasteiger partial charge in [0.1, 0.15) is 0 Å². The number of nitrogens with two attached hydrogens (primary N) is 1. The zero-order chi connectivity index (χ0) is 10.4. The van der Waals surface area contributed by atoms with Gasteiger partial charge in [-0.3, -0.25) is 0 Å². The Bertz CT molecular complexity index is 126. The molecular formula is C10H23NO2. The summed E-state index contributed by atoms with van der Waals surface area (Å²) >= 11 is 0. The smallest absolute Gasteiger partial charge is 0.0816 e. The van der Waals surface area contributed by atoms with Gasteiger partial charge in [0.15, 0.2) is 0 Å². The van der Waals surface area contributed by atoms with E-state index >= 15 is 0 Å². The Balaban J connectivity index is 3.84. The predicted molar refractivity (Wildman–Crippen MR) is 54.5 cm³/mol. The topological polar surface area (TPSA) is 55.5 Å². The van der Waals surface area contributed by atoms with E-state index in [1.807, 2.05) is 13.8 Å². The van der Waals surface area contributed by atoms with Crippen LogP contribution < -0.4 is 5.73 Å². The van der Waals surface area contributed by atoms with Gasteiger partial charge in [0.05, 0.1) is 18.8 Å². The van der Waals surface area contributed by atoms with Crippen molar-refractivity contribution in [1.82, 2.24) is 0 Å². The van der Waals surface area contributed by atoms with Crippen LogP contribution in [0.15, 0.2) is 0 Å². The van der Waals surface area contributed by atoms with E-state index in [0.717, 1.165) is 0 Å². The highest BCUT2D eigenvalue weighted by molar-refractivity contribution is 4.72. The maximum Gasteiger partial charge on any atom is 0.0816 e. The number of rotatable bonds is 6. The number of hydrogen-bond donors (Lipinski definition) is 2. The van der Waals surface area contributed by atoms with E-state index < -0.39 is 6.10 Å². The second-order valence-corrected chi connectivity index (χ2v) is 4.09. The van der Waals surface area contributed by atoms with Crippen LogP contribution in [0.4, 0.5) is 0 Å². The molecule has 0 amide bonds. The van der Waals surface area contributed by atoms with Crippen molar-refractivity contribution in [3.63, 3.8) is 0 Å².